The Labute approximate surface area is 181 Å². The lowest BCUT2D eigenvalue weighted by Crippen LogP contribution is -2.39. The molecule has 1 aliphatic rings. The summed E-state index contributed by atoms with van der Waals surface area (Å²) >= 11 is 0. The molecule has 9 heteroatoms. The number of aryl methyl sites for hydroxylation is 1. The van der Waals surface area contributed by atoms with Gasteiger partial charge in [0.05, 0.1) is 6.04 Å². The summed E-state index contributed by atoms with van der Waals surface area (Å²) in [4.78, 5) is 12.9. The van der Waals surface area contributed by atoms with Crippen molar-refractivity contribution < 1.29 is 27.1 Å². The second kappa shape index (κ2) is 8.31. The van der Waals surface area contributed by atoms with Gasteiger partial charge in [-0.25, -0.2) is 4.39 Å². The van der Waals surface area contributed by atoms with Crippen molar-refractivity contribution in [2.45, 2.75) is 25.7 Å². The average Bonchev–Trinajstić information content (AvgIpc) is 3.13. The Bertz CT molecular complexity index is 1170. The molecule has 0 saturated heterocycles. The Kier molecular flexibility index (Phi) is 5.68. The smallest absolute Gasteiger partial charge is 0.406 e. The van der Waals surface area contributed by atoms with Crippen molar-refractivity contribution >= 4 is 5.91 Å². The molecule has 1 aromatic heterocycles. The fraction of sp³-hybridized carbons (Fsp3) is 0.261. The molecule has 2 heterocycles. The second-order valence-electron chi connectivity index (χ2n) is 7.65. The number of halogens is 4. The molecule has 0 unspecified atom stereocenters. The highest BCUT2D eigenvalue weighted by atomic mass is 19.4. The Balaban J connectivity index is 1.94. The highest BCUT2D eigenvalue weighted by Crippen LogP contribution is 2.41. The van der Waals surface area contributed by atoms with Crippen LogP contribution in [-0.4, -0.2) is 29.9 Å². The van der Waals surface area contributed by atoms with E-state index in [2.05, 4.69) is 10.1 Å². The number of nitrogens with zero attached hydrogens (tertiary/aromatic N) is 1. The number of alkyl halides is 3. The highest BCUT2D eigenvalue weighted by molar-refractivity contribution is 6.05. The van der Waals surface area contributed by atoms with Crippen LogP contribution in [0.25, 0.3) is 22.3 Å². The first-order valence-corrected chi connectivity index (χ1v) is 10.0. The molecular formula is C23H21F4N3O2. The number of amides is 1. The summed E-state index contributed by atoms with van der Waals surface area (Å²) in [7, 11) is 0. The van der Waals surface area contributed by atoms with Crippen molar-refractivity contribution in [2.75, 3.05) is 13.1 Å². The third kappa shape index (κ3) is 4.20. The summed E-state index contributed by atoms with van der Waals surface area (Å²) in [6.45, 7) is 2.39. The molecule has 0 saturated carbocycles. The van der Waals surface area contributed by atoms with Crippen LogP contribution >= 0.6 is 0 Å². The minimum absolute atomic E-state index is 0.114. The third-order valence-electron chi connectivity index (χ3n) is 5.46. The predicted molar refractivity (Wildman–Crippen MR) is 112 cm³/mol. The SMILES string of the molecule is Cc1cc(-c2c(-c3cccc(OC(F)(F)F)c3)cn3c2C(=O)NC[C@@H]3CCN)ccc1F. The Morgan fingerprint density at radius 3 is 2.66 bits per heavy atom. The van der Waals surface area contributed by atoms with Crippen molar-refractivity contribution in [3.8, 4) is 28.0 Å². The number of rotatable bonds is 5. The molecular weight excluding hydrogens is 426 g/mol. The van der Waals surface area contributed by atoms with Gasteiger partial charge in [-0.05, 0) is 60.8 Å². The normalized spacial score (nSPS) is 15.9. The highest BCUT2D eigenvalue weighted by Gasteiger charge is 2.33. The van der Waals surface area contributed by atoms with Crippen LogP contribution in [0.5, 0.6) is 5.75 Å². The first-order valence-electron chi connectivity index (χ1n) is 10.0. The number of carbonyl (C=O) groups excluding carboxylic acids is 1. The lowest BCUT2D eigenvalue weighted by molar-refractivity contribution is -0.274. The van der Waals surface area contributed by atoms with Crippen molar-refractivity contribution in [2.24, 2.45) is 5.73 Å². The number of ether oxygens (including phenoxy) is 1. The molecule has 0 bridgehead atoms. The summed E-state index contributed by atoms with van der Waals surface area (Å²) in [5.74, 6) is -1.08. The van der Waals surface area contributed by atoms with Crippen molar-refractivity contribution in [1.29, 1.82) is 0 Å². The molecule has 0 spiro atoms. The van der Waals surface area contributed by atoms with Crippen molar-refractivity contribution in [1.82, 2.24) is 9.88 Å². The molecule has 4 rings (SSSR count). The fourth-order valence-corrected chi connectivity index (χ4v) is 4.04. The largest absolute Gasteiger partial charge is 0.573 e. The van der Waals surface area contributed by atoms with Gasteiger partial charge >= 0.3 is 6.36 Å². The molecule has 1 aliphatic heterocycles. The number of aromatic nitrogens is 1. The van der Waals surface area contributed by atoms with Gasteiger partial charge in [0.2, 0.25) is 0 Å². The van der Waals surface area contributed by atoms with E-state index >= 15 is 0 Å². The van der Waals surface area contributed by atoms with E-state index in [-0.39, 0.29) is 17.7 Å². The second-order valence-corrected chi connectivity index (χ2v) is 7.65. The monoisotopic (exact) mass is 447 g/mol. The van der Waals surface area contributed by atoms with Gasteiger partial charge < -0.3 is 20.4 Å². The van der Waals surface area contributed by atoms with Crippen LogP contribution in [0, 0.1) is 12.7 Å². The fourth-order valence-electron chi connectivity index (χ4n) is 4.04. The van der Waals surface area contributed by atoms with Crippen molar-refractivity contribution in [3.05, 3.63) is 65.7 Å². The summed E-state index contributed by atoms with van der Waals surface area (Å²) < 4.78 is 58.1. The topological polar surface area (TPSA) is 69.3 Å². The van der Waals surface area contributed by atoms with E-state index < -0.39 is 12.2 Å². The number of hydrogen-bond donors (Lipinski definition) is 2. The lowest BCUT2D eigenvalue weighted by atomic mass is 9.95. The molecule has 0 fully saturated rings. The Hall–Kier alpha value is -3.33. The van der Waals surface area contributed by atoms with Crippen LogP contribution in [0.2, 0.25) is 0 Å². The summed E-state index contributed by atoms with van der Waals surface area (Å²) in [5, 5.41) is 2.85. The molecule has 0 radical (unpaired) electrons. The van der Waals surface area contributed by atoms with E-state index in [9.17, 15) is 22.4 Å². The summed E-state index contributed by atoms with van der Waals surface area (Å²) in [5.41, 5.74) is 8.56. The van der Waals surface area contributed by atoms with Crippen LogP contribution in [0.1, 0.15) is 28.5 Å². The van der Waals surface area contributed by atoms with Gasteiger partial charge in [0, 0.05) is 23.9 Å². The maximum atomic E-state index is 13.9. The van der Waals surface area contributed by atoms with E-state index in [0.717, 1.165) is 0 Å². The van der Waals surface area contributed by atoms with Crippen LogP contribution in [0.4, 0.5) is 17.6 Å². The minimum Gasteiger partial charge on any atom is -0.406 e. The van der Waals surface area contributed by atoms with E-state index in [1.807, 2.05) is 4.57 Å². The van der Waals surface area contributed by atoms with Crippen LogP contribution in [0.15, 0.2) is 48.7 Å². The van der Waals surface area contributed by atoms with E-state index in [1.54, 1.807) is 31.3 Å². The molecule has 2 aromatic carbocycles. The molecule has 168 valence electrons. The molecule has 0 aliphatic carbocycles. The number of fused-ring (bicyclic) bond motifs is 1. The first-order chi connectivity index (χ1) is 15.2. The number of carbonyl (C=O) groups is 1. The molecule has 1 atom stereocenters. The molecule has 32 heavy (non-hydrogen) atoms. The molecule has 5 nitrogen and oxygen atoms in total. The van der Waals surface area contributed by atoms with Crippen LogP contribution in [-0.2, 0) is 0 Å². The Morgan fingerprint density at radius 1 is 1.19 bits per heavy atom. The van der Waals surface area contributed by atoms with Gasteiger partial charge in [0.25, 0.3) is 5.91 Å². The molecule has 1 amide bonds. The maximum Gasteiger partial charge on any atom is 0.573 e. The van der Waals surface area contributed by atoms with Crippen molar-refractivity contribution in [3.63, 3.8) is 0 Å². The zero-order valence-corrected chi connectivity index (χ0v) is 17.2. The number of nitrogens with two attached hydrogens (primary N) is 1. The van der Waals surface area contributed by atoms with Gasteiger partial charge in [-0.3, -0.25) is 4.79 Å². The zero-order valence-electron chi connectivity index (χ0n) is 17.2. The molecule has 3 aromatic rings. The van der Waals surface area contributed by atoms with E-state index in [4.69, 9.17) is 5.73 Å². The van der Waals surface area contributed by atoms with Crippen LogP contribution in [0.3, 0.4) is 0 Å². The van der Waals surface area contributed by atoms with E-state index in [0.29, 0.717) is 53.0 Å². The van der Waals surface area contributed by atoms with Gasteiger partial charge in [-0.2, -0.15) is 0 Å². The maximum absolute atomic E-state index is 13.9. The predicted octanol–water partition coefficient (Wildman–Crippen LogP) is 4.80. The Morgan fingerprint density at radius 2 is 1.97 bits per heavy atom. The minimum atomic E-state index is -4.83. The van der Waals surface area contributed by atoms with Crippen LogP contribution < -0.4 is 15.8 Å². The lowest BCUT2D eigenvalue weighted by Gasteiger charge is -2.26. The number of benzene rings is 2. The van der Waals surface area contributed by atoms with Gasteiger partial charge in [-0.1, -0.05) is 18.2 Å². The molecule has 3 N–H and O–H groups in total. The zero-order chi connectivity index (χ0) is 23.0. The quantitative estimate of drug-likeness (QED) is 0.552. The summed E-state index contributed by atoms with van der Waals surface area (Å²) in [6, 6.07) is 9.92. The number of hydrogen-bond acceptors (Lipinski definition) is 3. The first kappa shape index (κ1) is 21.9. The van der Waals surface area contributed by atoms with Gasteiger partial charge in [0.15, 0.2) is 0 Å². The number of nitrogens with one attached hydrogen (secondary N) is 1. The standard InChI is InChI=1S/C23H21F4N3O2/c1-13-9-15(5-6-19(13)24)20-18(14-3-2-4-17(10-14)32-23(25,26)27)12-30-16(7-8-28)11-29-22(31)21(20)30/h2-6,9-10,12,16H,7-8,11,28H2,1H3,(H,29,31)/t16-/m0/s1. The third-order valence-corrected chi connectivity index (χ3v) is 5.46. The average molecular weight is 447 g/mol. The summed E-state index contributed by atoms with van der Waals surface area (Å²) in [6.07, 6.45) is -2.49. The van der Waals surface area contributed by atoms with E-state index in [1.165, 1.54) is 24.3 Å². The van der Waals surface area contributed by atoms with Gasteiger partial charge in [-0.15, -0.1) is 13.2 Å². The van der Waals surface area contributed by atoms with Gasteiger partial charge in [0.1, 0.15) is 17.3 Å².